The van der Waals surface area contributed by atoms with Gasteiger partial charge in [0.05, 0.1) is 0 Å². The smallest absolute Gasteiger partial charge is 0.164 e. The SMILES string of the molecule is CC(C)(C)C(=O)/C=C(/O)C(C)(C)C.[Ag]. The Balaban J connectivity index is 0. The Labute approximate surface area is 102 Å². The number of allylic oxidation sites excluding steroid dienone is 2. The number of hydrogen-bond acceptors (Lipinski definition) is 2. The van der Waals surface area contributed by atoms with Crippen LogP contribution >= 0.6 is 0 Å². The molecule has 0 unspecified atom stereocenters. The van der Waals surface area contributed by atoms with Crippen molar-refractivity contribution in [1.29, 1.82) is 0 Å². The standard InChI is InChI=1S/C11H20O2.Ag/c1-10(2,3)8(12)7-9(13)11(4,5)6;/h7,12H,1-6H3;/b8-7+;. The third kappa shape index (κ3) is 5.63. The molecule has 0 heterocycles. The number of ketones is 1. The zero-order valence-corrected chi connectivity index (χ0v) is 11.2. The van der Waals surface area contributed by atoms with E-state index in [0.29, 0.717) is 0 Å². The number of aliphatic hydroxyl groups is 1. The van der Waals surface area contributed by atoms with Crippen LogP contribution in [0.2, 0.25) is 0 Å². The molecule has 0 aromatic carbocycles. The quantitative estimate of drug-likeness (QED) is 0.458. The Morgan fingerprint density at radius 2 is 1.36 bits per heavy atom. The topological polar surface area (TPSA) is 37.3 Å². The van der Waals surface area contributed by atoms with Gasteiger partial charge >= 0.3 is 0 Å². The van der Waals surface area contributed by atoms with E-state index in [4.69, 9.17) is 0 Å². The summed E-state index contributed by atoms with van der Waals surface area (Å²) in [4.78, 5) is 11.5. The summed E-state index contributed by atoms with van der Waals surface area (Å²) < 4.78 is 0. The predicted octanol–water partition coefficient (Wildman–Crippen LogP) is 3.09. The van der Waals surface area contributed by atoms with E-state index in [9.17, 15) is 9.90 Å². The van der Waals surface area contributed by atoms with E-state index in [-0.39, 0.29) is 39.3 Å². The van der Waals surface area contributed by atoms with Crippen LogP contribution in [-0.2, 0) is 27.2 Å². The second-order valence-electron chi connectivity index (χ2n) is 5.39. The summed E-state index contributed by atoms with van der Waals surface area (Å²) in [6.45, 7) is 11.1. The molecular weight excluding hydrogens is 272 g/mol. The van der Waals surface area contributed by atoms with Crippen molar-refractivity contribution in [3.8, 4) is 0 Å². The summed E-state index contributed by atoms with van der Waals surface area (Å²) in [6, 6.07) is 0. The number of carbonyl (C=O) groups excluding carboxylic acids is 1. The molecule has 0 aliphatic heterocycles. The average molecular weight is 292 g/mol. The summed E-state index contributed by atoms with van der Waals surface area (Å²) in [5, 5.41) is 9.56. The summed E-state index contributed by atoms with van der Waals surface area (Å²) >= 11 is 0. The van der Waals surface area contributed by atoms with E-state index >= 15 is 0 Å². The van der Waals surface area contributed by atoms with Crippen molar-refractivity contribution < 1.29 is 32.3 Å². The molecule has 0 bridgehead atoms. The number of rotatable bonds is 1. The Kier molecular flexibility index (Phi) is 6.03. The summed E-state index contributed by atoms with van der Waals surface area (Å²) in [5.74, 6) is 0.104. The Bertz CT molecular complexity index is 229. The first-order chi connectivity index (χ1) is 5.55. The van der Waals surface area contributed by atoms with Gasteiger partial charge in [0.15, 0.2) is 5.78 Å². The van der Waals surface area contributed by atoms with Crippen LogP contribution in [0, 0.1) is 10.8 Å². The molecule has 0 aromatic rings. The van der Waals surface area contributed by atoms with Gasteiger partial charge in [-0.15, -0.1) is 0 Å². The molecule has 0 saturated heterocycles. The van der Waals surface area contributed by atoms with Crippen LogP contribution in [0.5, 0.6) is 0 Å². The van der Waals surface area contributed by atoms with Gasteiger partial charge in [-0.1, -0.05) is 41.5 Å². The minimum absolute atomic E-state index is 0. The van der Waals surface area contributed by atoms with Crippen LogP contribution in [0.4, 0.5) is 0 Å². The molecule has 0 aliphatic rings. The fraction of sp³-hybridized carbons (Fsp3) is 0.727. The molecule has 1 N–H and O–H groups in total. The largest absolute Gasteiger partial charge is 0.512 e. The number of hydrogen-bond donors (Lipinski definition) is 1. The molecule has 0 spiro atoms. The molecule has 0 aromatic heterocycles. The van der Waals surface area contributed by atoms with Crippen LogP contribution in [0.1, 0.15) is 41.5 Å². The van der Waals surface area contributed by atoms with Crippen LogP contribution in [0.25, 0.3) is 0 Å². The normalized spacial score (nSPS) is 13.4. The van der Waals surface area contributed by atoms with Crippen molar-refractivity contribution in [3.05, 3.63) is 11.8 Å². The maximum Gasteiger partial charge on any atom is 0.164 e. The molecule has 14 heavy (non-hydrogen) atoms. The molecule has 2 nitrogen and oxygen atoms in total. The van der Waals surface area contributed by atoms with Crippen molar-refractivity contribution in [2.24, 2.45) is 10.8 Å². The first-order valence-corrected chi connectivity index (χ1v) is 4.51. The van der Waals surface area contributed by atoms with E-state index < -0.39 is 5.41 Å². The maximum atomic E-state index is 11.5. The van der Waals surface area contributed by atoms with Gasteiger partial charge in [0.1, 0.15) is 5.76 Å². The molecule has 0 saturated carbocycles. The Morgan fingerprint density at radius 3 is 1.57 bits per heavy atom. The second-order valence-corrected chi connectivity index (χ2v) is 5.39. The van der Waals surface area contributed by atoms with Crippen LogP contribution in [-0.4, -0.2) is 10.9 Å². The molecule has 0 atom stereocenters. The third-order valence-corrected chi connectivity index (χ3v) is 1.78. The van der Waals surface area contributed by atoms with Crippen molar-refractivity contribution >= 4 is 5.78 Å². The van der Waals surface area contributed by atoms with E-state index in [2.05, 4.69) is 0 Å². The van der Waals surface area contributed by atoms with Gasteiger partial charge in [0, 0.05) is 39.3 Å². The Hall–Kier alpha value is -0.0497. The summed E-state index contributed by atoms with van der Waals surface area (Å²) in [5.41, 5.74) is -0.764. The van der Waals surface area contributed by atoms with Crippen molar-refractivity contribution in [3.63, 3.8) is 0 Å². The zero-order valence-electron chi connectivity index (χ0n) is 9.73. The van der Waals surface area contributed by atoms with Gasteiger partial charge in [0.2, 0.25) is 0 Å². The average Bonchev–Trinajstić information content (AvgIpc) is 1.82. The van der Waals surface area contributed by atoms with E-state index in [1.54, 1.807) is 0 Å². The number of aliphatic hydroxyl groups excluding tert-OH is 1. The maximum absolute atomic E-state index is 11.5. The fourth-order valence-electron chi connectivity index (χ4n) is 0.557. The van der Waals surface area contributed by atoms with Gasteiger partial charge in [0.25, 0.3) is 0 Å². The second kappa shape index (κ2) is 5.15. The third-order valence-electron chi connectivity index (χ3n) is 1.78. The van der Waals surface area contributed by atoms with Crippen molar-refractivity contribution in [1.82, 2.24) is 0 Å². The van der Waals surface area contributed by atoms with Crippen molar-refractivity contribution in [2.45, 2.75) is 41.5 Å². The predicted molar refractivity (Wildman–Crippen MR) is 54.6 cm³/mol. The minimum Gasteiger partial charge on any atom is -0.512 e. The van der Waals surface area contributed by atoms with Crippen molar-refractivity contribution in [2.75, 3.05) is 0 Å². The first-order valence-electron chi connectivity index (χ1n) is 4.51. The van der Waals surface area contributed by atoms with Gasteiger partial charge in [-0.3, -0.25) is 4.79 Å². The molecule has 0 fully saturated rings. The molecule has 0 amide bonds. The Morgan fingerprint density at radius 1 is 1.00 bits per heavy atom. The van der Waals surface area contributed by atoms with Gasteiger partial charge in [-0.25, -0.2) is 0 Å². The van der Waals surface area contributed by atoms with Crippen LogP contribution < -0.4 is 0 Å². The minimum atomic E-state index is -0.417. The van der Waals surface area contributed by atoms with Gasteiger partial charge < -0.3 is 5.11 Å². The fourth-order valence-corrected chi connectivity index (χ4v) is 0.557. The molecule has 3 heteroatoms. The van der Waals surface area contributed by atoms with Crippen LogP contribution in [0.3, 0.4) is 0 Å². The molecule has 1 radical (unpaired) electrons. The molecule has 87 valence electrons. The van der Waals surface area contributed by atoms with Gasteiger partial charge in [-0.05, 0) is 0 Å². The molecule has 0 rings (SSSR count). The molecular formula is C11H20AgO2. The zero-order chi connectivity index (χ0) is 10.9. The van der Waals surface area contributed by atoms with E-state index in [0.717, 1.165) is 0 Å². The first kappa shape index (κ1) is 16.4. The monoisotopic (exact) mass is 291 g/mol. The van der Waals surface area contributed by atoms with E-state index in [1.807, 2.05) is 41.5 Å². The number of carbonyl (C=O) groups is 1. The van der Waals surface area contributed by atoms with Crippen LogP contribution in [0.15, 0.2) is 11.8 Å². The van der Waals surface area contributed by atoms with Gasteiger partial charge in [-0.2, -0.15) is 0 Å². The van der Waals surface area contributed by atoms with E-state index in [1.165, 1.54) is 6.08 Å². The summed E-state index contributed by atoms with van der Waals surface area (Å²) in [6.07, 6.45) is 1.33. The summed E-state index contributed by atoms with van der Waals surface area (Å²) in [7, 11) is 0. The molecule has 0 aliphatic carbocycles.